The summed E-state index contributed by atoms with van der Waals surface area (Å²) in [5, 5.41) is 3.25. The maximum Gasteiger partial charge on any atom is 0.208 e. The third-order valence-electron chi connectivity index (χ3n) is 2.87. The zero-order chi connectivity index (χ0) is 12.5. The Balaban J connectivity index is 1.78. The van der Waals surface area contributed by atoms with Gasteiger partial charge >= 0.3 is 0 Å². The summed E-state index contributed by atoms with van der Waals surface area (Å²) in [7, 11) is 0. The molecule has 1 heterocycles. The topological polar surface area (TPSA) is 38.1 Å². The predicted octanol–water partition coefficient (Wildman–Crippen LogP) is 2.87. The van der Waals surface area contributed by atoms with E-state index in [4.69, 9.17) is 4.42 Å². The van der Waals surface area contributed by atoms with Crippen LogP contribution in [0.4, 0.5) is 8.78 Å². The Morgan fingerprint density at radius 3 is 2.89 bits per heavy atom. The molecule has 0 saturated heterocycles. The van der Waals surface area contributed by atoms with Gasteiger partial charge in [0.05, 0.1) is 18.3 Å². The van der Waals surface area contributed by atoms with Crippen molar-refractivity contribution in [1.82, 2.24) is 10.3 Å². The molecule has 1 aliphatic rings. The molecule has 18 heavy (non-hydrogen) atoms. The van der Waals surface area contributed by atoms with Crippen molar-refractivity contribution in [2.75, 3.05) is 0 Å². The molecule has 5 heteroatoms. The third kappa shape index (κ3) is 2.41. The van der Waals surface area contributed by atoms with E-state index in [1.807, 2.05) is 0 Å². The first kappa shape index (κ1) is 11.3. The van der Waals surface area contributed by atoms with Crippen LogP contribution in [0.5, 0.6) is 0 Å². The number of oxazole rings is 1. The van der Waals surface area contributed by atoms with Crippen LogP contribution in [0.1, 0.15) is 18.7 Å². The van der Waals surface area contributed by atoms with Gasteiger partial charge in [-0.25, -0.2) is 13.8 Å². The summed E-state index contributed by atoms with van der Waals surface area (Å²) >= 11 is 0. The van der Waals surface area contributed by atoms with Gasteiger partial charge in [0, 0.05) is 12.1 Å². The van der Waals surface area contributed by atoms with E-state index in [1.54, 1.807) is 0 Å². The first-order valence-corrected chi connectivity index (χ1v) is 5.86. The normalized spacial score (nSPS) is 15.0. The van der Waals surface area contributed by atoms with Gasteiger partial charge in [-0.15, -0.1) is 0 Å². The minimum atomic E-state index is -0.646. The molecule has 1 saturated carbocycles. The van der Waals surface area contributed by atoms with E-state index in [0.717, 1.165) is 6.07 Å². The van der Waals surface area contributed by atoms with Gasteiger partial charge in [0.2, 0.25) is 5.89 Å². The molecule has 3 rings (SSSR count). The molecular formula is C13H12F2N2O. The number of halogens is 2. The van der Waals surface area contributed by atoms with Gasteiger partial charge in [-0.3, -0.25) is 0 Å². The molecule has 1 aliphatic carbocycles. The van der Waals surface area contributed by atoms with Gasteiger partial charge < -0.3 is 9.73 Å². The van der Waals surface area contributed by atoms with Gasteiger partial charge in [-0.1, -0.05) is 0 Å². The molecule has 1 N–H and O–H groups in total. The predicted molar refractivity (Wildman–Crippen MR) is 61.7 cm³/mol. The molecule has 0 spiro atoms. The summed E-state index contributed by atoms with van der Waals surface area (Å²) in [5.41, 5.74) is 0.224. The lowest BCUT2D eigenvalue weighted by molar-refractivity contribution is 0.474. The Bertz CT molecular complexity index is 564. The minimum Gasteiger partial charge on any atom is -0.439 e. The summed E-state index contributed by atoms with van der Waals surface area (Å²) in [6.07, 6.45) is 3.82. The summed E-state index contributed by atoms with van der Waals surface area (Å²) in [6.45, 7) is 0.535. The van der Waals surface area contributed by atoms with Crippen molar-refractivity contribution < 1.29 is 13.2 Å². The van der Waals surface area contributed by atoms with E-state index >= 15 is 0 Å². The van der Waals surface area contributed by atoms with Crippen molar-refractivity contribution in [3.63, 3.8) is 0 Å². The molecule has 1 aromatic carbocycles. The van der Waals surface area contributed by atoms with E-state index in [1.165, 1.54) is 31.2 Å². The third-order valence-corrected chi connectivity index (χ3v) is 2.87. The Morgan fingerprint density at radius 2 is 2.17 bits per heavy atom. The number of rotatable bonds is 4. The zero-order valence-corrected chi connectivity index (χ0v) is 9.62. The number of hydrogen-bond acceptors (Lipinski definition) is 3. The van der Waals surface area contributed by atoms with Crippen molar-refractivity contribution in [2.24, 2.45) is 0 Å². The highest BCUT2D eigenvalue weighted by atomic mass is 19.1. The van der Waals surface area contributed by atoms with Crippen molar-refractivity contribution >= 4 is 0 Å². The van der Waals surface area contributed by atoms with E-state index in [0.29, 0.717) is 24.2 Å². The van der Waals surface area contributed by atoms with Crippen LogP contribution in [0.2, 0.25) is 0 Å². The van der Waals surface area contributed by atoms with Crippen LogP contribution in [-0.2, 0) is 6.54 Å². The lowest BCUT2D eigenvalue weighted by Crippen LogP contribution is -2.15. The number of hydrogen-bond donors (Lipinski definition) is 1. The highest BCUT2D eigenvalue weighted by molar-refractivity contribution is 5.57. The molecule has 94 valence electrons. The standard InChI is InChI=1S/C13H12F2N2O/c14-8-1-4-10(11(15)5-8)12-6-17-13(18-12)7-16-9-2-3-9/h1,4-6,9,16H,2-3,7H2. The fourth-order valence-electron chi connectivity index (χ4n) is 1.72. The van der Waals surface area contributed by atoms with Crippen molar-refractivity contribution in [1.29, 1.82) is 0 Å². The van der Waals surface area contributed by atoms with E-state index in [2.05, 4.69) is 10.3 Å². The second-order valence-electron chi connectivity index (χ2n) is 4.40. The smallest absolute Gasteiger partial charge is 0.208 e. The Labute approximate surface area is 103 Å². The number of nitrogens with zero attached hydrogens (tertiary/aromatic N) is 1. The lowest BCUT2D eigenvalue weighted by Gasteiger charge is -1.99. The zero-order valence-electron chi connectivity index (χ0n) is 9.62. The molecule has 1 aromatic heterocycles. The van der Waals surface area contributed by atoms with Crippen LogP contribution >= 0.6 is 0 Å². The molecule has 0 unspecified atom stereocenters. The average Bonchev–Trinajstić information content (AvgIpc) is 3.05. The second kappa shape index (κ2) is 4.49. The Kier molecular flexibility index (Phi) is 2.83. The van der Waals surface area contributed by atoms with Gasteiger partial charge in [0.1, 0.15) is 11.6 Å². The fourth-order valence-corrected chi connectivity index (χ4v) is 1.72. The molecule has 0 aliphatic heterocycles. The van der Waals surface area contributed by atoms with Gasteiger partial charge in [-0.05, 0) is 25.0 Å². The molecule has 0 amide bonds. The average molecular weight is 250 g/mol. The first-order chi connectivity index (χ1) is 8.72. The first-order valence-electron chi connectivity index (χ1n) is 5.86. The van der Waals surface area contributed by atoms with Crippen molar-refractivity contribution in [3.05, 3.63) is 41.9 Å². The van der Waals surface area contributed by atoms with E-state index in [-0.39, 0.29) is 5.56 Å². The SMILES string of the molecule is Fc1ccc(-c2cnc(CNC3CC3)o2)c(F)c1. The fraction of sp³-hybridized carbons (Fsp3) is 0.308. The highest BCUT2D eigenvalue weighted by Gasteiger charge is 2.21. The molecular weight excluding hydrogens is 238 g/mol. The number of aromatic nitrogens is 1. The molecule has 1 fully saturated rings. The van der Waals surface area contributed by atoms with E-state index in [9.17, 15) is 8.78 Å². The molecule has 0 bridgehead atoms. The minimum absolute atomic E-state index is 0.224. The van der Waals surface area contributed by atoms with E-state index < -0.39 is 11.6 Å². The Morgan fingerprint density at radius 1 is 1.33 bits per heavy atom. The van der Waals surface area contributed by atoms with Crippen LogP contribution in [0, 0.1) is 11.6 Å². The van der Waals surface area contributed by atoms with Gasteiger partial charge in [0.25, 0.3) is 0 Å². The quantitative estimate of drug-likeness (QED) is 0.906. The van der Waals surface area contributed by atoms with Crippen LogP contribution in [0.3, 0.4) is 0 Å². The molecule has 2 aromatic rings. The van der Waals surface area contributed by atoms with Crippen LogP contribution in [-0.4, -0.2) is 11.0 Å². The van der Waals surface area contributed by atoms with Crippen LogP contribution < -0.4 is 5.32 Å². The monoisotopic (exact) mass is 250 g/mol. The summed E-state index contributed by atoms with van der Waals surface area (Å²) in [4.78, 5) is 4.07. The summed E-state index contributed by atoms with van der Waals surface area (Å²) in [5.74, 6) is -0.417. The molecule has 0 radical (unpaired) electrons. The maximum absolute atomic E-state index is 13.5. The van der Waals surface area contributed by atoms with Crippen molar-refractivity contribution in [2.45, 2.75) is 25.4 Å². The van der Waals surface area contributed by atoms with Gasteiger partial charge in [-0.2, -0.15) is 0 Å². The molecule has 0 atom stereocenters. The highest BCUT2D eigenvalue weighted by Crippen LogP contribution is 2.25. The summed E-state index contributed by atoms with van der Waals surface area (Å²) in [6, 6.07) is 3.94. The lowest BCUT2D eigenvalue weighted by atomic mass is 10.2. The van der Waals surface area contributed by atoms with Gasteiger partial charge in [0.15, 0.2) is 5.76 Å². The summed E-state index contributed by atoms with van der Waals surface area (Å²) < 4.78 is 31.7. The van der Waals surface area contributed by atoms with Crippen molar-refractivity contribution in [3.8, 4) is 11.3 Å². The number of benzene rings is 1. The van der Waals surface area contributed by atoms with Crippen LogP contribution in [0.15, 0.2) is 28.8 Å². The number of nitrogens with one attached hydrogen (secondary N) is 1. The Hall–Kier alpha value is -1.75. The maximum atomic E-state index is 13.5. The van der Waals surface area contributed by atoms with Crippen LogP contribution in [0.25, 0.3) is 11.3 Å². The largest absolute Gasteiger partial charge is 0.439 e. The molecule has 3 nitrogen and oxygen atoms in total. The second-order valence-corrected chi connectivity index (χ2v) is 4.40.